The van der Waals surface area contributed by atoms with Gasteiger partial charge in [-0.05, 0) is 6.07 Å². The lowest BCUT2D eigenvalue weighted by Crippen LogP contribution is -1.88. The minimum atomic E-state index is 0.532. The van der Waals surface area contributed by atoms with Crippen LogP contribution in [-0.4, -0.2) is 22.2 Å². The molecule has 5 nitrogen and oxygen atoms in total. The van der Waals surface area contributed by atoms with E-state index in [0.717, 1.165) is 5.56 Å². The molecule has 0 N–H and O–H groups in total. The molecule has 0 bridgehead atoms. The molecule has 5 heteroatoms. The number of methoxy groups -OCH3 is 1. The summed E-state index contributed by atoms with van der Waals surface area (Å²) in [7, 11) is 1.56. The number of rotatable bonds is 2. The zero-order valence-corrected chi connectivity index (χ0v) is 7.89. The van der Waals surface area contributed by atoms with E-state index in [0.29, 0.717) is 17.6 Å². The molecular weight excluding hydrogens is 182 g/mol. The number of nitrogens with zero attached hydrogens (tertiary/aromatic N) is 3. The molecule has 0 saturated carbocycles. The first-order chi connectivity index (χ1) is 6.79. The molecule has 0 atom stereocenters. The Labute approximate surface area is 80.7 Å². The van der Waals surface area contributed by atoms with Crippen molar-refractivity contribution in [2.45, 2.75) is 6.92 Å². The van der Waals surface area contributed by atoms with Gasteiger partial charge >= 0.3 is 0 Å². The summed E-state index contributed by atoms with van der Waals surface area (Å²) in [6.07, 6.45) is 1.64. The molecule has 0 radical (unpaired) electrons. The molecule has 0 fully saturated rings. The molecule has 2 aromatic rings. The van der Waals surface area contributed by atoms with E-state index < -0.39 is 0 Å². The molecule has 14 heavy (non-hydrogen) atoms. The highest BCUT2D eigenvalue weighted by atomic mass is 16.5. The highest BCUT2D eigenvalue weighted by molar-refractivity contribution is 5.54. The third-order valence-corrected chi connectivity index (χ3v) is 1.73. The van der Waals surface area contributed by atoms with Gasteiger partial charge in [0.1, 0.15) is 0 Å². The smallest absolute Gasteiger partial charge is 0.223 e. The van der Waals surface area contributed by atoms with Crippen LogP contribution in [0.5, 0.6) is 5.88 Å². The second-order valence-electron chi connectivity index (χ2n) is 2.72. The van der Waals surface area contributed by atoms with E-state index in [9.17, 15) is 0 Å². The molecule has 0 spiro atoms. The van der Waals surface area contributed by atoms with Gasteiger partial charge in [0, 0.05) is 24.8 Å². The van der Waals surface area contributed by atoms with Crippen molar-refractivity contribution < 1.29 is 9.26 Å². The van der Waals surface area contributed by atoms with E-state index in [1.54, 1.807) is 32.4 Å². The monoisotopic (exact) mass is 191 g/mol. The largest absolute Gasteiger partial charge is 0.481 e. The van der Waals surface area contributed by atoms with Crippen molar-refractivity contribution in [3.63, 3.8) is 0 Å². The summed E-state index contributed by atoms with van der Waals surface area (Å²) < 4.78 is 9.86. The van der Waals surface area contributed by atoms with Gasteiger partial charge in [0.05, 0.1) is 7.11 Å². The summed E-state index contributed by atoms with van der Waals surface area (Å²) in [4.78, 5) is 8.08. The summed E-state index contributed by atoms with van der Waals surface area (Å²) in [5.41, 5.74) is 0.828. The molecule has 72 valence electrons. The lowest BCUT2D eigenvalue weighted by molar-refractivity contribution is 0.393. The Morgan fingerprint density at radius 2 is 2.29 bits per heavy atom. The van der Waals surface area contributed by atoms with E-state index in [-0.39, 0.29) is 0 Å². The summed E-state index contributed by atoms with van der Waals surface area (Å²) in [6.45, 7) is 1.74. The van der Waals surface area contributed by atoms with Crippen LogP contribution in [0.15, 0.2) is 22.9 Å². The van der Waals surface area contributed by atoms with Crippen LogP contribution in [0.4, 0.5) is 0 Å². The van der Waals surface area contributed by atoms with Crippen molar-refractivity contribution >= 4 is 0 Å². The number of ether oxygens (including phenoxy) is 1. The average molecular weight is 191 g/mol. The maximum Gasteiger partial charge on any atom is 0.223 e. The molecule has 2 aromatic heterocycles. The number of aryl methyl sites for hydroxylation is 1. The standard InChI is InChI=1S/C9H9N3O2/c1-6-11-9(12-14-6)7-3-4-10-8(5-7)13-2/h3-5H,1-2H3. The van der Waals surface area contributed by atoms with Crippen LogP contribution in [-0.2, 0) is 0 Å². The van der Waals surface area contributed by atoms with Crippen molar-refractivity contribution in [1.82, 2.24) is 15.1 Å². The Morgan fingerprint density at radius 3 is 2.93 bits per heavy atom. The summed E-state index contributed by atoms with van der Waals surface area (Å²) >= 11 is 0. The quantitative estimate of drug-likeness (QED) is 0.718. The first-order valence-corrected chi connectivity index (χ1v) is 4.10. The highest BCUT2D eigenvalue weighted by Gasteiger charge is 2.06. The fraction of sp³-hybridized carbons (Fsp3) is 0.222. The second-order valence-corrected chi connectivity index (χ2v) is 2.72. The van der Waals surface area contributed by atoms with Gasteiger partial charge in [0.25, 0.3) is 0 Å². The van der Waals surface area contributed by atoms with Crippen molar-refractivity contribution in [3.8, 4) is 17.3 Å². The lowest BCUT2D eigenvalue weighted by atomic mass is 10.2. The number of hydrogen-bond acceptors (Lipinski definition) is 5. The van der Waals surface area contributed by atoms with Crippen LogP contribution in [0.3, 0.4) is 0 Å². The summed E-state index contributed by atoms with van der Waals surface area (Å²) in [5.74, 6) is 1.61. The normalized spacial score (nSPS) is 10.1. The van der Waals surface area contributed by atoms with Crippen LogP contribution < -0.4 is 4.74 Å². The first-order valence-electron chi connectivity index (χ1n) is 4.10. The molecule has 0 saturated heterocycles. The molecule has 0 aromatic carbocycles. The third kappa shape index (κ3) is 1.56. The van der Waals surface area contributed by atoms with Crippen molar-refractivity contribution in [2.24, 2.45) is 0 Å². The molecule has 2 heterocycles. The lowest BCUT2D eigenvalue weighted by Gasteiger charge is -1.98. The van der Waals surface area contributed by atoms with Gasteiger partial charge in [-0.2, -0.15) is 4.98 Å². The van der Waals surface area contributed by atoms with Gasteiger partial charge in [-0.15, -0.1) is 0 Å². The molecule has 0 amide bonds. The zero-order valence-electron chi connectivity index (χ0n) is 7.89. The molecule has 0 unspecified atom stereocenters. The van der Waals surface area contributed by atoms with Gasteiger partial charge in [0.15, 0.2) is 0 Å². The van der Waals surface area contributed by atoms with Crippen LogP contribution >= 0.6 is 0 Å². The van der Waals surface area contributed by atoms with Crippen LogP contribution in [0.25, 0.3) is 11.4 Å². The molecular formula is C9H9N3O2. The van der Waals surface area contributed by atoms with Crippen LogP contribution in [0.2, 0.25) is 0 Å². The SMILES string of the molecule is COc1cc(-c2noc(C)n2)ccn1. The van der Waals surface area contributed by atoms with Crippen molar-refractivity contribution in [1.29, 1.82) is 0 Å². The van der Waals surface area contributed by atoms with E-state index >= 15 is 0 Å². The number of pyridine rings is 1. The number of aromatic nitrogens is 3. The Bertz CT molecular complexity index is 439. The maximum absolute atomic E-state index is 4.99. The Kier molecular flexibility index (Phi) is 2.14. The first kappa shape index (κ1) is 8.68. The minimum Gasteiger partial charge on any atom is -0.481 e. The number of hydrogen-bond donors (Lipinski definition) is 0. The molecule has 2 rings (SSSR count). The van der Waals surface area contributed by atoms with E-state index in [4.69, 9.17) is 9.26 Å². The van der Waals surface area contributed by atoms with Gasteiger partial charge in [0.2, 0.25) is 17.6 Å². The van der Waals surface area contributed by atoms with Crippen molar-refractivity contribution in [3.05, 3.63) is 24.2 Å². The third-order valence-electron chi connectivity index (χ3n) is 1.73. The van der Waals surface area contributed by atoms with Gasteiger partial charge in [-0.3, -0.25) is 0 Å². The fourth-order valence-corrected chi connectivity index (χ4v) is 1.08. The maximum atomic E-state index is 4.99. The van der Waals surface area contributed by atoms with Crippen LogP contribution in [0, 0.1) is 6.92 Å². The minimum absolute atomic E-state index is 0.532. The van der Waals surface area contributed by atoms with E-state index in [1.165, 1.54) is 0 Å². The highest BCUT2D eigenvalue weighted by Crippen LogP contribution is 2.18. The molecule has 0 aliphatic heterocycles. The second kappa shape index (κ2) is 3.45. The molecule has 0 aliphatic carbocycles. The zero-order chi connectivity index (χ0) is 9.97. The molecule has 0 aliphatic rings. The van der Waals surface area contributed by atoms with Gasteiger partial charge in [-0.1, -0.05) is 5.16 Å². The van der Waals surface area contributed by atoms with Gasteiger partial charge in [-0.25, -0.2) is 4.98 Å². The fourth-order valence-electron chi connectivity index (χ4n) is 1.08. The van der Waals surface area contributed by atoms with E-state index in [2.05, 4.69) is 15.1 Å². The Balaban J connectivity index is 2.41. The Hall–Kier alpha value is -1.91. The topological polar surface area (TPSA) is 61.0 Å². The van der Waals surface area contributed by atoms with E-state index in [1.807, 2.05) is 0 Å². The van der Waals surface area contributed by atoms with Crippen molar-refractivity contribution in [2.75, 3.05) is 7.11 Å². The van der Waals surface area contributed by atoms with Crippen LogP contribution in [0.1, 0.15) is 5.89 Å². The summed E-state index contributed by atoms with van der Waals surface area (Å²) in [6, 6.07) is 3.55. The predicted molar refractivity (Wildman–Crippen MR) is 48.8 cm³/mol. The Morgan fingerprint density at radius 1 is 1.43 bits per heavy atom. The average Bonchev–Trinajstić information content (AvgIpc) is 2.65. The summed E-state index contributed by atoms with van der Waals surface area (Å²) in [5, 5.41) is 3.79. The van der Waals surface area contributed by atoms with Gasteiger partial charge < -0.3 is 9.26 Å². The predicted octanol–water partition coefficient (Wildman–Crippen LogP) is 1.45.